The topological polar surface area (TPSA) is 43.8 Å². The molecule has 2 rings (SSSR count). The van der Waals surface area contributed by atoms with Crippen LogP contribution in [0.2, 0.25) is 0 Å². The van der Waals surface area contributed by atoms with E-state index in [1.165, 1.54) is 11.1 Å². The number of aromatic nitrogens is 2. The highest BCUT2D eigenvalue weighted by Crippen LogP contribution is 2.19. The summed E-state index contributed by atoms with van der Waals surface area (Å²) in [5.74, 6) is 1.62. The summed E-state index contributed by atoms with van der Waals surface area (Å²) in [6.45, 7) is 7.46. The van der Waals surface area contributed by atoms with Crippen molar-refractivity contribution in [3.63, 3.8) is 0 Å². The first kappa shape index (κ1) is 13.8. The smallest absolute Gasteiger partial charge is 0.110 e. The lowest BCUT2D eigenvalue weighted by atomic mass is 9.98. The zero-order valence-electron chi connectivity index (χ0n) is 12.0. The first-order chi connectivity index (χ1) is 9.11. The van der Waals surface area contributed by atoms with Gasteiger partial charge in [0.25, 0.3) is 0 Å². The lowest BCUT2D eigenvalue weighted by Crippen LogP contribution is -2.16. The van der Waals surface area contributed by atoms with E-state index in [9.17, 15) is 0 Å². The molecule has 0 fully saturated rings. The third-order valence-electron chi connectivity index (χ3n) is 3.58. The van der Waals surface area contributed by atoms with E-state index < -0.39 is 0 Å². The highest BCUT2D eigenvalue weighted by atomic mass is 15.1. The zero-order chi connectivity index (χ0) is 13.8. The molecule has 102 valence electrons. The molecule has 0 amide bonds. The van der Waals surface area contributed by atoms with Crippen LogP contribution in [0.5, 0.6) is 0 Å². The van der Waals surface area contributed by atoms with Gasteiger partial charge in [-0.15, -0.1) is 0 Å². The maximum absolute atomic E-state index is 6.28. The van der Waals surface area contributed by atoms with E-state index in [4.69, 9.17) is 5.73 Å². The summed E-state index contributed by atoms with van der Waals surface area (Å²) in [4.78, 5) is 4.38. The van der Waals surface area contributed by atoms with Gasteiger partial charge in [-0.25, -0.2) is 4.98 Å². The van der Waals surface area contributed by atoms with E-state index in [1.807, 2.05) is 12.4 Å². The van der Waals surface area contributed by atoms with Gasteiger partial charge in [0.05, 0.1) is 0 Å². The monoisotopic (exact) mass is 257 g/mol. The van der Waals surface area contributed by atoms with Crippen molar-refractivity contribution in [2.45, 2.75) is 45.7 Å². The second-order valence-corrected chi connectivity index (χ2v) is 5.26. The van der Waals surface area contributed by atoms with Crippen LogP contribution in [0.25, 0.3) is 0 Å². The number of imidazole rings is 1. The number of nitrogens with zero attached hydrogens (tertiary/aromatic N) is 2. The van der Waals surface area contributed by atoms with Gasteiger partial charge < -0.3 is 10.3 Å². The number of hydrogen-bond donors (Lipinski definition) is 1. The molecule has 2 N–H and O–H groups in total. The number of hydrogen-bond acceptors (Lipinski definition) is 2. The summed E-state index contributed by atoms with van der Waals surface area (Å²) in [5, 5.41) is 0. The van der Waals surface area contributed by atoms with Gasteiger partial charge in [-0.2, -0.15) is 0 Å². The van der Waals surface area contributed by atoms with Crippen LogP contribution in [0.1, 0.15) is 49.7 Å². The molecule has 0 aliphatic rings. The molecule has 0 aliphatic heterocycles. The van der Waals surface area contributed by atoms with Crippen molar-refractivity contribution in [2.24, 2.45) is 5.73 Å². The molecule has 0 saturated heterocycles. The van der Waals surface area contributed by atoms with Crippen LogP contribution in [-0.4, -0.2) is 9.55 Å². The van der Waals surface area contributed by atoms with Crippen molar-refractivity contribution in [3.8, 4) is 0 Å². The highest BCUT2D eigenvalue weighted by Gasteiger charge is 2.11. The number of benzene rings is 1. The predicted molar refractivity (Wildman–Crippen MR) is 79.1 cm³/mol. The fraction of sp³-hybridized carbons (Fsp3) is 0.438. The van der Waals surface area contributed by atoms with Crippen molar-refractivity contribution < 1.29 is 0 Å². The Morgan fingerprint density at radius 3 is 2.37 bits per heavy atom. The fourth-order valence-corrected chi connectivity index (χ4v) is 2.26. The zero-order valence-corrected chi connectivity index (χ0v) is 12.0. The van der Waals surface area contributed by atoms with Crippen molar-refractivity contribution in [1.29, 1.82) is 0 Å². The Bertz CT molecular complexity index is 511. The Morgan fingerprint density at radius 2 is 1.79 bits per heavy atom. The van der Waals surface area contributed by atoms with Crippen LogP contribution in [0.15, 0.2) is 36.7 Å². The highest BCUT2D eigenvalue weighted by molar-refractivity contribution is 5.27. The van der Waals surface area contributed by atoms with Gasteiger partial charge in [0, 0.05) is 31.4 Å². The Balaban J connectivity index is 2.09. The maximum Gasteiger partial charge on any atom is 0.110 e. The quantitative estimate of drug-likeness (QED) is 0.893. The molecule has 1 atom stereocenters. The lowest BCUT2D eigenvalue weighted by Gasteiger charge is -2.14. The van der Waals surface area contributed by atoms with Gasteiger partial charge in [0.15, 0.2) is 0 Å². The van der Waals surface area contributed by atoms with Crippen molar-refractivity contribution >= 4 is 0 Å². The first-order valence-electron chi connectivity index (χ1n) is 6.97. The van der Waals surface area contributed by atoms with E-state index >= 15 is 0 Å². The van der Waals surface area contributed by atoms with E-state index in [2.05, 4.69) is 54.6 Å². The molecule has 3 heteroatoms. The Kier molecular flexibility index (Phi) is 4.38. The van der Waals surface area contributed by atoms with Gasteiger partial charge in [0.2, 0.25) is 0 Å². The second kappa shape index (κ2) is 6.02. The molecule has 19 heavy (non-hydrogen) atoms. The minimum absolute atomic E-state index is 0.00825. The number of nitrogens with two attached hydrogens (primary N) is 1. The molecular weight excluding hydrogens is 234 g/mol. The molecule has 3 nitrogen and oxygen atoms in total. The van der Waals surface area contributed by atoms with Crippen molar-refractivity contribution in [2.75, 3.05) is 0 Å². The van der Waals surface area contributed by atoms with Gasteiger partial charge in [0.1, 0.15) is 5.82 Å². The third kappa shape index (κ3) is 3.24. The molecule has 2 aromatic rings. The molecule has 0 saturated carbocycles. The SMILES string of the molecule is CCn1ccnc1CC(N)c1ccc(C(C)C)cc1. The maximum atomic E-state index is 6.28. The molecule has 1 aromatic carbocycles. The molecule has 1 unspecified atom stereocenters. The van der Waals surface area contributed by atoms with Crippen LogP contribution >= 0.6 is 0 Å². The van der Waals surface area contributed by atoms with Crippen LogP contribution < -0.4 is 5.73 Å². The first-order valence-corrected chi connectivity index (χ1v) is 6.97. The van der Waals surface area contributed by atoms with Crippen LogP contribution in [0.4, 0.5) is 0 Å². The Labute approximate surface area is 115 Å². The summed E-state index contributed by atoms with van der Waals surface area (Å²) in [6, 6.07) is 8.63. The average Bonchev–Trinajstić information content (AvgIpc) is 2.86. The Morgan fingerprint density at radius 1 is 1.16 bits per heavy atom. The van der Waals surface area contributed by atoms with Crippen molar-refractivity contribution in [1.82, 2.24) is 9.55 Å². The van der Waals surface area contributed by atoms with Gasteiger partial charge in [-0.1, -0.05) is 38.1 Å². The van der Waals surface area contributed by atoms with E-state index in [1.54, 1.807) is 0 Å². The van der Waals surface area contributed by atoms with Gasteiger partial charge in [-0.3, -0.25) is 0 Å². The lowest BCUT2D eigenvalue weighted by molar-refractivity contribution is 0.628. The van der Waals surface area contributed by atoms with E-state index in [0.717, 1.165) is 18.8 Å². The summed E-state index contributed by atoms with van der Waals surface area (Å²) in [6.07, 6.45) is 4.62. The number of aryl methyl sites for hydroxylation is 1. The molecule has 0 aliphatic carbocycles. The summed E-state index contributed by atoms with van der Waals surface area (Å²) in [5.41, 5.74) is 8.81. The third-order valence-corrected chi connectivity index (χ3v) is 3.58. The number of rotatable bonds is 5. The molecule has 1 heterocycles. The van der Waals surface area contributed by atoms with E-state index in [0.29, 0.717) is 5.92 Å². The standard InChI is InChI=1S/C16H23N3/c1-4-19-10-9-18-16(19)11-15(17)14-7-5-13(6-8-14)12(2)3/h5-10,12,15H,4,11,17H2,1-3H3. The molecule has 0 spiro atoms. The van der Waals surface area contributed by atoms with E-state index in [-0.39, 0.29) is 6.04 Å². The summed E-state index contributed by atoms with van der Waals surface area (Å²) >= 11 is 0. The second-order valence-electron chi connectivity index (χ2n) is 5.26. The van der Waals surface area contributed by atoms with Gasteiger partial charge in [-0.05, 0) is 24.0 Å². The minimum Gasteiger partial charge on any atom is -0.335 e. The van der Waals surface area contributed by atoms with Crippen LogP contribution in [0, 0.1) is 0 Å². The van der Waals surface area contributed by atoms with Gasteiger partial charge >= 0.3 is 0 Å². The molecule has 0 radical (unpaired) electrons. The minimum atomic E-state index is 0.00825. The normalized spacial score (nSPS) is 12.9. The fourth-order valence-electron chi connectivity index (χ4n) is 2.26. The van der Waals surface area contributed by atoms with Crippen molar-refractivity contribution in [3.05, 3.63) is 53.6 Å². The molecular formula is C16H23N3. The summed E-state index contributed by atoms with van der Waals surface area (Å²) < 4.78 is 2.14. The summed E-state index contributed by atoms with van der Waals surface area (Å²) in [7, 11) is 0. The largest absolute Gasteiger partial charge is 0.335 e. The van der Waals surface area contributed by atoms with Crippen LogP contribution in [0.3, 0.4) is 0 Å². The Hall–Kier alpha value is -1.61. The predicted octanol–water partition coefficient (Wildman–Crippen LogP) is 3.27. The molecule has 1 aromatic heterocycles. The van der Waals surface area contributed by atoms with Crippen LogP contribution in [-0.2, 0) is 13.0 Å². The average molecular weight is 257 g/mol. The molecule has 0 bridgehead atoms.